The third kappa shape index (κ3) is 7.07. The van der Waals surface area contributed by atoms with E-state index in [1.807, 2.05) is 48.5 Å². The van der Waals surface area contributed by atoms with E-state index in [9.17, 15) is 5.11 Å². The monoisotopic (exact) mass is 471 g/mol. The van der Waals surface area contributed by atoms with Gasteiger partial charge in [0.25, 0.3) is 0 Å². The van der Waals surface area contributed by atoms with Crippen molar-refractivity contribution in [3.63, 3.8) is 0 Å². The summed E-state index contributed by atoms with van der Waals surface area (Å²) in [5, 5.41) is 15.3. The van der Waals surface area contributed by atoms with Crippen LogP contribution in [0.2, 0.25) is 15.1 Å². The van der Waals surface area contributed by atoms with E-state index in [4.69, 9.17) is 39.5 Å². The lowest BCUT2D eigenvalue weighted by Crippen LogP contribution is -2.21. The van der Waals surface area contributed by atoms with E-state index in [2.05, 4.69) is 5.32 Å². The maximum absolute atomic E-state index is 10.3. The first-order chi connectivity index (χ1) is 13.5. The van der Waals surface area contributed by atoms with E-state index in [0.717, 1.165) is 16.7 Å². The average Bonchev–Trinajstić information content (AvgIpc) is 2.69. The third-order valence-electron chi connectivity index (χ3n) is 4.26. The van der Waals surface area contributed by atoms with Crippen LogP contribution < -0.4 is 10.1 Å². The minimum Gasteiger partial charge on any atom is -0.489 e. The first-order valence-corrected chi connectivity index (χ1v) is 9.95. The Kier molecular flexibility index (Phi) is 9.57. The molecule has 2 N–H and O–H groups in total. The van der Waals surface area contributed by atoms with Gasteiger partial charge in [-0.25, -0.2) is 0 Å². The quantitative estimate of drug-likeness (QED) is 0.394. The normalized spacial score (nSPS) is 11.6. The molecular formula is C22H21Cl4NO2. The highest BCUT2D eigenvalue weighted by Crippen LogP contribution is 2.26. The van der Waals surface area contributed by atoms with Gasteiger partial charge >= 0.3 is 0 Å². The molecule has 0 saturated carbocycles. The fourth-order valence-corrected chi connectivity index (χ4v) is 3.42. The van der Waals surface area contributed by atoms with Crippen molar-refractivity contribution in [1.82, 2.24) is 5.32 Å². The molecule has 7 heteroatoms. The van der Waals surface area contributed by atoms with Gasteiger partial charge in [0.05, 0.1) is 6.10 Å². The number of hydrogen-bond donors (Lipinski definition) is 2. The van der Waals surface area contributed by atoms with E-state index in [1.54, 1.807) is 18.2 Å². The summed E-state index contributed by atoms with van der Waals surface area (Å²) < 4.78 is 5.95. The van der Waals surface area contributed by atoms with Crippen molar-refractivity contribution in [3.8, 4) is 5.75 Å². The smallest absolute Gasteiger partial charge is 0.124 e. The van der Waals surface area contributed by atoms with Crippen LogP contribution in [-0.4, -0.2) is 11.7 Å². The molecule has 1 unspecified atom stereocenters. The van der Waals surface area contributed by atoms with Gasteiger partial charge in [0, 0.05) is 39.3 Å². The molecule has 29 heavy (non-hydrogen) atoms. The Morgan fingerprint density at radius 3 is 2.28 bits per heavy atom. The van der Waals surface area contributed by atoms with Crippen molar-refractivity contribution in [2.45, 2.75) is 19.3 Å². The lowest BCUT2D eigenvalue weighted by atomic mass is 10.1. The lowest BCUT2D eigenvalue weighted by molar-refractivity contribution is 0.174. The molecule has 0 heterocycles. The molecule has 0 radical (unpaired) electrons. The van der Waals surface area contributed by atoms with E-state index >= 15 is 0 Å². The minimum atomic E-state index is -0.586. The van der Waals surface area contributed by atoms with Crippen molar-refractivity contribution in [1.29, 1.82) is 0 Å². The second-order valence-corrected chi connectivity index (χ2v) is 7.61. The maximum atomic E-state index is 10.3. The fraction of sp³-hybridized carbons (Fsp3) is 0.182. The molecule has 3 aromatic carbocycles. The predicted molar refractivity (Wildman–Crippen MR) is 123 cm³/mol. The molecule has 0 amide bonds. The molecule has 0 aliphatic rings. The Bertz CT molecular complexity index is 922. The number of aliphatic hydroxyl groups is 1. The van der Waals surface area contributed by atoms with Gasteiger partial charge in [0.15, 0.2) is 0 Å². The topological polar surface area (TPSA) is 41.5 Å². The van der Waals surface area contributed by atoms with Gasteiger partial charge in [-0.3, -0.25) is 0 Å². The van der Waals surface area contributed by atoms with Crippen LogP contribution >= 0.6 is 47.2 Å². The molecule has 0 aliphatic heterocycles. The zero-order valence-corrected chi connectivity index (χ0v) is 18.5. The minimum absolute atomic E-state index is 0. The second-order valence-electron chi connectivity index (χ2n) is 6.33. The van der Waals surface area contributed by atoms with E-state index < -0.39 is 6.10 Å². The standard InChI is InChI=1S/C22H20Cl3NO2.ClH/c23-18-8-9-22(28-14-16-6-7-19(24)11-20(16)25)17(10-18)12-26-13-21(27)15-4-2-1-3-5-15;/h1-11,21,26-27H,12-14H2;1H. The van der Waals surface area contributed by atoms with Crippen LogP contribution in [0.5, 0.6) is 5.75 Å². The summed E-state index contributed by atoms with van der Waals surface area (Å²) in [7, 11) is 0. The van der Waals surface area contributed by atoms with Gasteiger partial charge in [-0.15, -0.1) is 12.4 Å². The Morgan fingerprint density at radius 1 is 0.862 bits per heavy atom. The Morgan fingerprint density at radius 2 is 1.55 bits per heavy atom. The summed E-state index contributed by atoms with van der Waals surface area (Å²) in [4.78, 5) is 0. The number of nitrogens with one attached hydrogen (secondary N) is 1. The van der Waals surface area contributed by atoms with Crippen LogP contribution in [0, 0.1) is 0 Å². The fourth-order valence-electron chi connectivity index (χ4n) is 2.76. The van der Waals surface area contributed by atoms with Gasteiger partial charge in [-0.05, 0) is 35.9 Å². The lowest BCUT2D eigenvalue weighted by Gasteiger charge is -2.15. The Hall–Kier alpha value is -1.46. The molecule has 0 fully saturated rings. The van der Waals surface area contributed by atoms with Gasteiger partial charge in [-0.1, -0.05) is 71.2 Å². The van der Waals surface area contributed by atoms with Crippen molar-refractivity contribution < 1.29 is 9.84 Å². The average molecular weight is 473 g/mol. The molecule has 3 nitrogen and oxygen atoms in total. The van der Waals surface area contributed by atoms with Crippen LogP contribution in [-0.2, 0) is 13.2 Å². The summed E-state index contributed by atoms with van der Waals surface area (Å²) in [6.07, 6.45) is -0.586. The van der Waals surface area contributed by atoms with Gasteiger partial charge < -0.3 is 15.2 Å². The van der Waals surface area contributed by atoms with E-state index in [-0.39, 0.29) is 12.4 Å². The Balaban J connectivity index is 0.00000300. The zero-order valence-electron chi connectivity index (χ0n) is 15.4. The van der Waals surface area contributed by atoms with Crippen molar-refractivity contribution in [3.05, 3.63) is 98.5 Å². The molecule has 0 aliphatic carbocycles. The zero-order chi connectivity index (χ0) is 19.9. The van der Waals surface area contributed by atoms with Gasteiger partial charge in [-0.2, -0.15) is 0 Å². The van der Waals surface area contributed by atoms with E-state index in [0.29, 0.717) is 40.5 Å². The molecule has 3 aromatic rings. The molecule has 1 atom stereocenters. The number of halogens is 4. The van der Waals surface area contributed by atoms with Crippen LogP contribution in [0.15, 0.2) is 66.7 Å². The van der Waals surface area contributed by atoms with Gasteiger partial charge in [0.1, 0.15) is 12.4 Å². The first kappa shape index (κ1) is 23.8. The largest absolute Gasteiger partial charge is 0.489 e. The molecule has 0 aromatic heterocycles. The van der Waals surface area contributed by atoms with Crippen LogP contribution in [0.4, 0.5) is 0 Å². The Labute approximate surface area is 192 Å². The predicted octanol–water partition coefficient (Wildman–Crippen LogP) is 6.47. The second kappa shape index (κ2) is 11.7. The van der Waals surface area contributed by atoms with Crippen LogP contribution in [0.25, 0.3) is 0 Å². The highest BCUT2D eigenvalue weighted by molar-refractivity contribution is 6.35. The highest BCUT2D eigenvalue weighted by atomic mass is 35.5. The van der Waals surface area contributed by atoms with Crippen molar-refractivity contribution in [2.24, 2.45) is 0 Å². The molecule has 3 rings (SSSR count). The number of benzene rings is 3. The third-order valence-corrected chi connectivity index (χ3v) is 5.08. The van der Waals surface area contributed by atoms with Gasteiger partial charge in [0.2, 0.25) is 0 Å². The molecule has 0 spiro atoms. The van der Waals surface area contributed by atoms with Crippen molar-refractivity contribution in [2.75, 3.05) is 6.54 Å². The highest BCUT2D eigenvalue weighted by Gasteiger charge is 2.10. The van der Waals surface area contributed by atoms with E-state index in [1.165, 1.54) is 0 Å². The van der Waals surface area contributed by atoms with Crippen LogP contribution in [0.3, 0.4) is 0 Å². The number of aliphatic hydroxyl groups excluding tert-OH is 1. The summed E-state index contributed by atoms with van der Waals surface area (Å²) >= 11 is 18.3. The number of hydrogen-bond acceptors (Lipinski definition) is 3. The molecular weight excluding hydrogens is 452 g/mol. The number of rotatable bonds is 8. The summed E-state index contributed by atoms with van der Waals surface area (Å²) in [5.41, 5.74) is 2.62. The maximum Gasteiger partial charge on any atom is 0.124 e. The molecule has 0 saturated heterocycles. The van der Waals surface area contributed by atoms with Crippen molar-refractivity contribution >= 4 is 47.2 Å². The SMILES string of the molecule is Cl.OC(CNCc1cc(Cl)ccc1OCc1ccc(Cl)cc1Cl)c1ccccc1. The first-order valence-electron chi connectivity index (χ1n) is 8.82. The summed E-state index contributed by atoms with van der Waals surface area (Å²) in [6.45, 7) is 1.24. The summed E-state index contributed by atoms with van der Waals surface area (Å²) in [5.74, 6) is 0.706. The molecule has 0 bridgehead atoms. The number of ether oxygens (including phenoxy) is 1. The molecule has 154 valence electrons. The summed E-state index contributed by atoms with van der Waals surface area (Å²) in [6, 6.07) is 20.3. The van der Waals surface area contributed by atoms with Crippen LogP contribution in [0.1, 0.15) is 22.8 Å².